The fourth-order valence-corrected chi connectivity index (χ4v) is 7.93. The summed E-state index contributed by atoms with van der Waals surface area (Å²) >= 11 is 0. The molecule has 4 aromatic carbocycles. The van der Waals surface area contributed by atoms with Crippen molar-refractivity contribution in [3.05, 3.63) is 130 Å². The Bertz CT molecular complexity index is 1890. The normalized spacial score (nSPS) is 22.0. The number of benzene rings is 4. The first kappa shape index (κ1) is 32.6. The minimum atomic E-state index is -0.456. The Kier molecular flexibility index (Phi) is 9.21. The van der Waals surface area contributed by atoms with Gasteiger partial charge in [0, 0.05) is 24.4 Å². The Morgan fingerprint density at radius 1 is 0.898 bits per heavy atom. The third-order valence-electron chi connectivity index (χ3n) is 10.2. The number of nitrogens with one attached hydrogen (secondary N) is 1. The summed E-state index contributed by atoms with van der Waals surface area (Å²) in [6.45, 7) is 4.65. The number of fused-ring (bicyclic) bond motifs is 3. The Labute approximate surface area is 287 Å². The van der Waals surface area contributed by atoms with Gasteiger partial charge in [-0.1, -0.05) is 54.6 Å². The number of methoxy groups -OCH3 is 1. The minimum absolute atomic E-state index is 0.148. The molecular weight excluding hydrogens is 612 g/mol. The average Bonchev–Trinajstić information content (AvgIpc) is 3.64. The number of carbonyl (C=O) groups is 2. The second kappa shape index (κ2) is 13.9. The molecule has 7 heteroatoms. The maximum absolute atomic E-state index is 14.1. The van der Waals surface area contributed by atoms with Crippen molar-refractivity contribution in [3.63, 3.8) is 0 Å². The Morgan fingerprint density at radius 2 is 1.55 bits per heavy atom. The molecule has 3 aliphatic rings. The van der Waals surface area contributed by atoms with Crippen molar-refractivity contribution in [2.75, 3.05) is 30.5 Å². The van der Waals surface area contributed by atoms with Crippen LogP contribution in [0.2, 0.25) is 0 Å². The maximum Gasteiger partial charge on any atom is 0.238 e. The molecule has 0 unspecified atom stereocenters. The third kappa shape index (κ3) is 6.44. The van der Waals surface area contributed by atoms with Gasteiger partial charge >= 0.3 is 0 Å². The van der Waals surface area contributed by atoms with Gasteiger partial charge in [-0.25, -0.2) is 0 Å². The van der Waals surface area contributed by atoms with E-state index in [4.69, 9.17) is 9.47 Å². The molecule has 0 spiro atoms. The van der Waals surface area contributed by atoms with Gasteiger partial charge < -0.3 is 19.9 Å². The largest absolute Gasteiger partial charge is 0.507 e. The van der Waals surface area contributed by atoms with E-state index in [1.807, 2.05) is 98.8 Å². The highest BCUT2D eigenvalue weighted by molar-refractivity contribution is 6.22. The topological polar surface area (TPSA) is 88.1 Å². The molecule has 0 aromatic heterocycles. The van der Waals surface area contributed by atoms with Crippen molar-refractivity contribution in [2.24, 2.45) is 17.8 Å². The molecule has 250 valence electrons. The first-order valence-electron chi connectivity index (χ1n) is 17.0. The SMILES string of the molecule is COCC1=C2[C@@H](CC/C(=C/c3cc(C)c(O)c(C)c3)c3ccccc3)OC[C@@H]2[C@@H]2C(=O)N(c3ccc(Nc4ccccc4)cc3)C(=O)[C@@H]2C1. The van der Waals surface area contributed by atoms with E-state index in [1.165, 1.54) is 10.5 Å². The van der Waals surface area contributed by atoms with E-state index < -0.39 is 11.8 Å². The van der Waals surface area contributed by atoms with Gasteiger partial charge in [-0.2, -0.15) is 0 Å². The summed E-state index contributed by atoms with van der Waals surface area (Å²) < 4.78 is 12.2. The molecule has 2 heterocycles. The molecule has 2 saturated heterocycles. The van der Waals surface area contributed by atoms with Crippen LogP contribution in [0, 0.1) is 31.6 Å². The molecule has 4 aromatic rings. The highest BCUT2D eigenvalue weighted by Crippen LogP contribution is 2.51. The Balaban J connectivity index is 1.13. The van der Waals surface area contributed by atoms with E-state index in [9.17, 15) is 14.7 Å². The van der Waals surface area contributed by atoms with Crippen LogP contribution in [-0.2, 0) is 19.1 Å². The number of nitrogens with zero attached hydrogens (tertiary/aromatic N) is 1. The Morgan fingerprint density at radius 3 is 2.22 bits per heavy atom. The molecule has 0 saturated carbocycles. The van der Waals surface area contributed by atoms with E-state index in [1.54, 1.807) is 7.11 Å². The standard InChI is InChI=1S/C42H42N2O5/c1-26-20-28(21-27(2)40(26)45)22-30(29-10-6-4-7-11-29)14-19-37-38-31(24-48-3)23-35-39(36(38)25-49-37)42(47)44(41(35)46)34-17-15-33(16-18-34)43-32-12-8-5-9-13-32/h4-13,15-18,20-22,35-37,39,43,45H,14,19,23-25H2,1-3H3/b30-22-/t35-,36+,37-,39-/m1/s1. The van der Waals surface area contributed by atoms with Crippen LogP contribution >= 0.6 is 0 Å². The minimum Gasteiger partial charge on any atom is -0.507 e. The highest BCUT2D eigenvalue weighted by atomic mass is 16.5. The van der Waals surface area contributed by atoms with Crippen molar-refractivity contribution >= 4 is 40.5 Å². The summed E-state index contributed by atoms with van der Waals surface area (Å²) in [5.41, 5.74) is 9.68. The van der Waals surface area contributed by atoms with Gasteiger partial charge in [-0.05, 0) is 121 Å². The van der Waals surface area contributed by atoms with Crippen LogP contribution in [-0.4, -0.2) is 43.3 Å². The first-order chi connectivity index (χ1) is 23.8. The zero-order valence-corrected chi connectivity index (χ0v) is 28.2. The summed E-state index contributed by atoms with van der Waals surface area (Å²) in [5, 5.41) is 13.7. The van der Waals surface area contributed by atoms with Crippen LogP contribution < -0.4 is 10.2 Å². The van der Waals surface area contributed by atoms with E-state index in [0.29, 0.717) is 31.1 Å². The highest BCUT2D eigenvalue weighted by Gasteiger charge is 2.57. The number of hydrogen-bond acceptors (Lipinski definition) is 6. The molecule has 0 bridgehead atoms. The van der Waals surface area contributed by atoms with Gasteiger partial charge in [0.2, 0.25) is 11.8 Å². The van der Waals surface area contributed by atoms with Crippen molar-refractivity contribution in [3.8, 4) is 5.75 Å². The predicted octanol–water partition coefficient (Wildman–Crippen LogP) is 8.24. The molecule has 7 rings (SSSR count). The van der Waals surface area contributed by atoms with Gasteiger partial charge in [0.25, 0.3) is 0 Å². The van der Waals surface area contributed by atoms with Gasteiger partial charge in [-0.3, -0.25) is 14.5 Å². The van der Waals surface area contributed by atoms with Crippen LogP contribution in [0.25, 0.3) is 11.6 Å². The second-order valence-electron chi connectivity index (χ2n) is 13.4. The van der Waals surface area contributed by atoms with E-state index in [-0.39, 0.29) is 23.8 Å². The first-order valence-corrected chi connectivity index (χ1v) is 17.0. The lowest BCUT2D eigenvalue weighted by molar-refractivity contribution is -0.122. The van der Waals surface area contributed by atoms with E-state index in [2.05, 4.69) is 23.5 Å². The second-order valence-corrected chi connectivity index (χ2v) is 13.4. The molecule has 1 aliphatic carbocycles. The van der Waals surface area contributed by atoms with E-state index in [0.717, 1.165) is 57.6 Å². The number of anilines is 3. The van der Waals surface area contributed by atoms with Gasteiger partial charge in [-0.15, -0.1) is 0 Å². The van der Waals surface area contributed by atoms with Crippen LogP contribution in [0.3, 0.4) is 0 Å². The molecular formula is C42H42N2O5. The number of aromatic hydroxyl groups is 1. The van der Waals surface area contributed by atoms with Crippen molar-refractivity contribution in [2.45, 2.75) is 39.2 Å². The lowest BCUT2D eigenvalue weighted by atomic mass is 9.69. The van der Waals surface area contributed by atoms with Crippen LogP contribution in [0.1, 0.15) is 41.5 Å². The summed E-state index contributed by atoms with van der Waals surface area (Å²) in [5.74, 6) is -1.03. The average molecular weight is 655 g/mol. The van der Waals surface area contributed by atoms with Crippen LogP contribution in [0.4, 0.5) is 17.1 Å². The smallest absolute Gasteiger partial charge is 0.238 e. The monoisotopic (exact) mass is 654 g/mol. The number of hydrogen-bond donors (Lipinski definition) is 2. The fraction of sp³-hybridized carbons (Fsp3) is 0.286. The predicted molar refractivity (Wildman–Crippen MR) is 194 cm³/mol. The van der Waals surface area contributed by atoms with Crippen LogP contribution in [0.15, 0.2) is 108 Å². The molecule has 7 nitrogen and oxygen atoms in total. The lowest BCUT2D eigenvalue weighted by Crippen LogP contribution is -2.35. The lowest BCUT2D eigenvalue weighted by Gasteiger charge is -2.31. The maximum atomic E-state index is 14.1. The molecule has 2 aliphatic heterocycles. The zero-order valence-electron chi connectivity index (χ0n) is 28.2. The van der Waals surface area contributed by atoms with Gasteiger partial charge in [0.15, 0.2) is 0 Å². The number of aryl methyl sites for hydroxylation is 2. The Hall–Kier alpha value is -4.98. The molecule has 0 radical (unpaired) electrons. The number of phenols is 1. The third-order valence-corrected chi connectivity index (χ3v) is 10.2. The molecule has 49 heavy (non-hydrogen) atoms. The summed E-state index contributed by atoms with van der Waals surface area (Å²) in [4.78, 5) is 29.4. The number of carbonyl (C=O) groups excluding carboxylic acids is 2. The van der Waals surface area contributed by atoms with Crippen molar-refractivity contribution < 1.29 is 24.2 Å². The number of rotatable bonds is 10. The molecule has 2 N–H and O–H groups in total. The number of phenolic OH excluding ortho intramolecular Hbond substituents is 1. The zero-order chi connectivity index (χ0) is 34.1. The summed E-state index contributed by atoms with van der Waals surface area (Å²) in [6.07, 6.45) is 3.99. The number of ether oxygens (including phenoxy) is 2. The molecule has 2 fully saturated rings. The summed E-state index contributed by atoms with van der Waals surface area (Å²) in [6, 6.07) is 31.7. The summed E-state index contributed by atoms with van der Waals surface area (Å²) in [7, 11) is 1.68. The van der Waals surface area contributed by atoms with E-state index >= 15 is 0 Å². The number of amides is 2. The van der Waals surface area contributed by atoms with Gasteiger partial charge in [0.1, 0.15) is 5.75 Å². The van der Waals surface area contributed by atoms with Gasteiger partial charge in [0.05, 0.1) is 36.8 Å². The van der Waals surface area contributed by atoms with Crippen LogP contribution in [0.5, 0.6) is 5.75 Å². The quantitative estimate of drug-likeness (QED) is 0.102. The number of allylic oxidation sites excluding steroid dienone is 1. The fourth-order valence-electron chi connectivity index (χ4n) is 7.93. The number of imide groups is 1. The van der Waals surface area contributed by atoms with Crippen molar-refractivity contribution in [1.82, 2.24) is 0 Å². The van der Waals surface area contributed by atoms with Crippen molar-refractivity contribution in [1.29, 1.82) is 0 Å². The number of para-hydroxylation sites is 1. The molecule has 4 atom stereocenters. The molecule has 2 amide bonds.